The summed E-state index contributed by atoms with van der Waals surface area (Å²) in [6, 6.07) is 17.6. The molecular formula is C22H15Cl2N3O2S. The molecule has 8 heteroatoms. The van der Waals surface area contributed by atoms with Crippen LogP contribution < -0.4 is 10.6 Å². The molecule has 3 aromatic carbocycles. The Morgan fingerprint density at radius 1 is 1.03 bits per heavy atom. The molecule has 0 aliphatic carbocycles. The number of hydrogen-bond donors (Lipinski definition) is 2. The molecule has 150 valence electrons. The molecule has 0 spiro atoms. The van der Waals surface area contributed by atoms with Gasteiger partial charge in [0, 0.05) is 16.1 Å². The summed E-state index contributed by atoms with van der Waals surface area (Å²) < 4.78 is 5.85. The van der Waals surface area contributed by atoms with Crippen molar-refractivity contribution in [2.24, 2.45) is 0 Å². The van der Waals surface area contributed by atoms with Crippen LogP contribution in [0.2, 0.25) is 10.0 Å². The van der Waals surface area contributed by atoms with Crippen molar-refractivity contribution >= 4 is 63.2 Å². The molecule has 4 aromatic rings. The number of amides is 1. The van der Waals surface area contributed by atoms with Crippen LogP contribution >= 0.6 is 35.4 Å². The smallest absolute Gasteiger partial charge is 0.257 e. The number of hydrogen-bond acceptors (Lipinski definition) is 4. The SMILES string of the molecule is Cc1ccc2oc(-c3ccc(Cl)c(NC(=S)NC(=O)c4ccc(Cl)cc4)c3)nc2c1. The quantitative estimate of drug-likeness (QED) is 0.358. The van der Waals surface area contributed by atoms with Crippen LogP contribution in [0.25, 0.3) is 22.6 Å². The minimum absolute atomic E-state index is 0.113. The number of aromatic nitrogens is 1. The van der Waals surface area contributed by atoms with Crippen LogP contribution in [0.3, 0.4) is 0 Å². The number of thiocarbonyl (C=S) groups is 1. The molecule has 5 nitrogen and oxygen atoms in total. The molecule has 0 aliphatic heterocycles. The lowest BCUT2D eigenvalue weighted by Crippen LogP contribution is -2.34. The second-order valence-electron chi connectivity index (χ2n) is 6.60. The summed E-state index contributed by atoms with van der Waals surface area (Å²) in [5.74, 6) is 0.109. The molecule has 30 heavy (non-hydrogen) atoms. The fraction of sp³-hybridized carbons (Fsp3) is 0.0455. The van der Waals surface area contributed by atoms with Crippen molar-refractivity contribution in [3.05, 3.63) is 81.8 Å². The second-order valence-corrected chi connectivity index (χ2v) is 7.85. The first-order valence-corrected chi connectivity index (χ1v) is 10.1. The number of aryl methyl sites for hydroxylation is 1. The van der Waals surface area contributed by atoms with Crippen molar-refractivity contribution in [1.82, 2.24) is 10.3 Å². The molecule has 2 N–H and O–H groups in total. The molecule has 1 heterocycles. The molecule has 1 aromatic heterocycles. The molecule has 4 rings (SSSR count). The van der Waals surface area contributed by atoms with E-state index >= 15 is 0 Å². The summed E-state index contributed by atoms with van der Waals surface area (Å²) in [6.45, 7) is 2.00. The highest BCUT2D eigenvalue weighted by Crippen LogP contribution is 2.30. The molecule has 0 atom stereocenters. The van der Waals surface area contributed by atoms with Gasteiger partial charge in [0.25, 0.3) is 5.91 Å². The van der Waals surface area contributed by atoms with Crippen LogP contribution in [-0.4, -0.2) is 16.0 Å². The monoisotopic (exact) mass is 455 g/mol. The zero-order valence-corrected chi connectivity index (χ0v) is 18.0. The van der Waals surface area contributed by atoms with Gasteiger partial charge < -0.3 is 9.73 Å². The Balaban J connectivity index is 1.53. The van der Waals surface area contributed by atoms with Gasteiger partial charge in [-0.2, -0.15) is 0 Å². The Morgan fingerprint density at radius 2 is 1.80 bits per heavy atom. The number of anilines is 1. The number of carbonyl (C=O) groups is 1. The van der Waals surface area contributed by atoms with Crippen molar-refractivity contribution in [3.8, 4) is 11.5 Å². The van der Waals surface area contributed by atoms with Gasteiger partial charge in [-0.05, 0) is 79.3 Å². The standard InChI is InChI=1S/C22H15Cl2N3O2S/c1-12-2-9-19-18(10-12)25-21(29-19)14-5-8-16(24)17(11-14)26-22(30)27-20(28)13-3-6-15(23)7-4-13/h2-11H,1H3,(H2,26,27,28,30). The molecular weight excluding hydrogens is 441 g/mol. The van der Waals surface area contributed by atoms with Crippen molar-refractivity contribution in [1.29, 1.82) is 0 Å². The maximum atomic E-state index is 12.3. The summed E-state index contributed by atoms with van der Waals surface area (Å²) in [4.78, 5) is 16.9. The third-order valence-electron chi connectivity index (χ3n) is 4.34. The Kier molecular flexibility index (Phi) is 5.72. The van der Waals surface area contributed by atoms with Gasteiger partial charge >= 0.3 is 0 Å². The first-order valence-electron chi connectivity index (χ1n) is 8.94. The van der Waals surface area contributed by atoms with E-state index in [9.17, 15) is 4.79 Å². The molecule has 0 saturated heterocycles. The van der Waals surface area contributed by atoms with E-state index in [1.54, 1.807) is 42.5 Å². The molecule has 0 unspecified atom stereocenters. The van der Waals surface area contributed by atoms with Gasteiger partial charge in [0.2, 0.25) is 5.89 Å². The minimum atomic E-state index is -0.356. The van der Waals surface area contributed by atoms with Crippen molar-refractivity contribution in [2.45, 2.75) is 6.92 Å². The summed E-state index contributed by atoms with van der Waals surface area (Å²) >= 11 is 17.4. The highest BCUT2D eigenvalue weighted by atomic mass is 35.5. The highest BCUT2D eigenvalue weighted by Gasteiger charge is 2.13. The van der Waals surface area contributed by atoms with E-state index in [0.717, 1.165) is 16.6 Å². The van der Waals surface area contributed by atoms with Crippen LogP contribution in [0.15, 0.2) is 65.1 Å². The van der Waals surface area contributed by atoms with E-state index in [4.69, 9.17) is 39.8 Å². The lowest BCUT2D eigenvalue weighted by Gasteiger charge is -2.12. The van der Waals surface area contributed by atoms with Gasteiger partial charge in [-0.25, -0.2) is 4.98 Å². The number of nitrogens with zero attached hydrogens (tertiary/aromatic N) is 1. The summed E-state index contributed by atoms with van der Waals surface area (Å²) in [5.41, 5.74) is 4.26. The van der Waals surface area contributed by atoms with Gasteiger partial charge in [0.1, 0.15) is 5.52 Å². The molecule has 1 amide bonds. The van der Waals surface area contributed by atoms with Gasteiger partial charge in [0.05, 0.1) is 10.7 Å². The van der Waals surface area contributed by atoms with Gasteiger partial charge in [-0.3, -0.25) is 10.1 Å². The normalized spacial score (nSPS) is 10.8. The number of nitrogens with one attached hydrogen (secondary N) is 2. The molecule has 0 radical (unpaired) electrons. The lowest BCUT2D eigenvalue weighted by molar-refractivity contribution is 0.0977. The van der Waals surface area contributed by atoms with E-state index in [1.807, 2.05) is 25.1 Å². The molecule has 0 bridgehead atoms. The Hall–Kier alpha value is -2.93. The Bertz CT molecular complexity index is 1270. The number of oxazole rings is 1. The van der Waals surface area contributed by atoms with Crippen molar-refractivity contribution < 1.29 is 9.21 Å². The van der Waals surface area contributed by atoms with Gasteiger partial charge in [-0.15, -0.1) is 0 Å². The van der Waals surface area contributed by atoms with E-state index in [1.165, 1.54) is 0 Å². The average Bonchev–Trinajstić information content (AvgIpc) is 3.13. The zero-order chi connectivity index (χ0) is 21.3. The number of benzene rings is 3. The highest BCUT2D eigenvalue weighted by molar-refractivity contribution is 7.80. The first kappa shape index (κ1) is 20.3. The molecule has 0 fully saturated rings. The molecule has 0 aliphatic rings. The van der Waals surface area contributed by atoms with Crippen molar-refractivity contribution in [3.63, 3.8) is 0 Å². The lowest BCUT2D eigenvalue weighted by atomic mass is 10.2. The number of rotatable bonds is 3. The number of fused-ring (bicyclic) bond motifs is 1. The summed E-state index contributed by atoms with van der Waals surface area (Å²) in [7, 11) is 0. The Morgan fingerprint density at radius 3 is 2.57 bits per heavy atom. The maximum Gasteiger partial charge on any atom is 0.257 e. The summed E-state index contributed by atoms with van der Waals surface area (Å²) in [5, 5.41) is 6.66. The second kappa shape index (κ2) is 8.44. The summed E-state index contributed by atoms with van der Waals surface area (Å²) in [6.07, 6.45) is 0. The van der Waals surface area contributed by atoms with Gasteiger partial charge in [0.15, 0.2) is 10.7 Å². The number of halogens is 2. The number of carbonyl (C=O) groups excluding carboxylic acids is 1. The molecule has 0 saturated carbocycles. The van der Waals surface area contributed by atoms with Crippen LogP contribution in [0, 0.1) is 6.92 Å². The fourth-order valence-corrected chi connectivity index (χ4v) is 3.34. The fourth-order valence-electron chi connectivity index (χ4n) is 2.85. The third-order valence-corrected chi connectivity index (χ3v) is 5.12. The zero-order valence-electron chi connectivity index (χ0n) is 15.7. The van der Waals surface area contributed by atoms with E-state index in [-0.39, 0.29) is 11.0 Å². The minimum Gasteiger partial charge on any atom is -0.436 e. The predicted octanol–water partition coefficient (Wildman–Crippen LogP) is 6.24. The predicted molar refractivity (Wildman–Crippen MR) is 124 cm³/mol. The topological polar surface area (TPSA) is 67.2 Å². The van der Waals surface area contributed by atoms with E-state index < -0.39 is 0 Å². The van der Waals surface area contributed by atoms with E-state index in [2.05, 4.69) is 15.6 Å². The van der Waals surface area contributed by atoms with Crippen LogP contribution in [0.5, 0.6) is 0 Å². The average molecular weight is 456 g/mol. The van der Waals surface area contributed by atoms with Crippen molar-refractivity contribution in [2.75, 3.05) is 5.32 Å². The largest absolute Gasteiger partial charge is 0.436 e. The maximum absolute atomic E-state index is 12.3. The Labute approximate surface area is 188 Å². The van der Waals surface area contributed by atoms with Gasteiger partial charge in [-0.1, -0.05) is 29.3 Å². The van der Waals surface area contributed by atoms with Crippen LogP contribution in [0.4, 0.5) is 5.69 Å². The van der Waals surface area contributed by atoms with E-state index in [0.29, 0.717) is 32.8 Å². The first-order chi connectivity index (χ1) is 14.4. The van der Waals surface area contributed by atoms with Crippen LogP contribution in [-0.2, 0) is 0 Å². The third kappa shape index (κ3) is 4.46. The van der Waals surface area contributed by atoms with Crippen LogP contribution in [0.1, 0.15) is 15.9 Å².